The number of hydrogen-bond donors (Lipinski definition) is 3. The number of rotatable bonds is 4. The van der Waals surface area contributed by atoms with E-state index in [0.717, 1.165) is 28.8 Å². The van der Waals surface area contributed by atoms with Gasteiger partial charge >= 0.3 is 0 Å². The van der Waals surface area contributed by atoms with E-state index < -0.39 is 29.1 Å². The molecular formula is C21H15F3N8O. The summed E-state index contributed by atoms with van der Waals surface area (Å²) in [6.45, 7) is 1.57. The normalized spacial score (nSPS) is 11.8. The Morgan fingerprint density at radius 3 is 2.39 bits per heavy atom. The Morgan fingerprint density at radius 1 is 1.03 bits per heavy atom. The zero-order chi connectivity index (χ0) is 23.9. The van der Waals surface area contributed by atoms with Crippen molar-refractivity contribution >= 4 is 28.5 Å². The van der Waals surface area contributed by atoms with Gasteiger partial charge in [0.05, 0.1) is 22.6 Å². The van der Waals surface area contributed by atoms with Crippen LogP contribution in [-0.4, -0.2) is 19.5 Å². The molecule has 4 rings (SSSR count). The lowest BCUT2D eigenvalue weighted by atomic mass is 10.2. The van der Waals surface area contributed by atoms with Crippen molar-refractivity contribution in [2.24, 2.45) is 0 Å². The van der Waals surface area contributed by atoms with Crippen LogP contribution in [0.4, 0.5) is 30.8 Å². The van der Waals surface area contributed by atoms with E-state index in [2.05, 4.69) is 20.3 Å². The summed E-state index contributed by atoms with van der Waals surface area (Å²) in [5.41, 5.74) is 10.5. The summed E-state index contributed by atoms with van der Waals surface area (Å²) < 4.78 is 42.7. The van der Waals surface area contributed by atoms with E-state index in [1.165, 1.54) is 6.07 Å². The standard InChI is InChI=1S/C21H15F3N8O/c1-9(28-18-15(8-25)17(26)30-21(27)31-18)19-29-16-3-2-10(22)7-14(16)20(33)32(19)13-5-11(23)4-12(24)6-13/h2-7,9H,1H3,(H5,26,27,28,30,31). The van der Waals surface area contributed by atoms with Crippen molar-refractivity contribution in [3.8, 4) is 11.8 Å². The van der Waals surface area contributed by atoms with Gasteiger partial charge in [-0.15, -0.1) is 0 Å². The summed E-state index contributed by atoms with van der Waals surface area (Å²) >= 11 is 0. The number of benzene rings is 2. The molecule has 0 saturated carbocycles. The van der Waals surface area contributed by atoms with Crippen LogP contribution in [-0.2, 0) is 0 Å². The highest BCUT2D eigenvalue weighted by molar-refractivity contribution is 5.78. The monoisotopic (exact) mass is 452 g/mol. The molecule has 0 saturated heterocycles. The van der Waals surface area contributed by atoms with Crippen LogP contribution in [0.25, 0.3) is 16.6 Å². The molecule has 2 aromatic carbocycles. The molecule has 4 aromatic rings. The van der Waals surface area contributed by atoms with Crippen LogP contribution in [0.15, 0.2) is 41.2 Å². The number of hydrogen-bond acceptors (Lipinski definition) is 8. The van der Waals surface area contributed by atoms with Gasteiger partial charge in [-0.25, -0.2) is 18.2 Å². The van der Waals surface area contributed by atoms with Gasteiger partial charge in [-0.05, 0) is 37.3 Å². The molecular weight excluding hydrogens is 437 g/mol. The third-order valence-corrected chi connectivity index (χ3v) is 4.77. The first-order valence-corrected chi connectivity index (χ1v) is 9.46. The summed E-state index contributed by atoms with van der Waals surface area (Å²) in [5.74, 6) is -2.91. The molecule has 0 spiro atoms. The van der Waals surface area contributed by atoms with Crippen molar-refractivity contribution in [2.45, 2.75) is 13.0 Å². The molecule has 12 heteroatoms. The van der Waals surface area contributed by atoms with Crippen molar-refractivity contribution in [3.05, 3.63) is 75.6 Å². The van der Waals surface area contributed by atoms with Crippen LogP contribution in [0.5, 0.6) is 0 Å². The fraction of sp³-hybridized carbons (Fsp3) is 0.0952. The zero-order valence-electron chi connectivity index (χ0n) is 17.0. The van der Waals surface area contributed by atoms with Crippen LogP contribution < -0.4 is 22.3 Å². The van der Waals surface area contributed by atoms with E-state index in [1.807, 2.05) is 6.07 Å². The lowest BCUT2D eigenvalue weighted by molar-refractivity contribution is 0.579. The second-order valence-electron chi connectivity index (χ2n) is 7.07. The maximum absolute atomic E-state index is 14.0. The van der Waals surface area contributed by atoms with Crippen molar-refractivity contribution in [1.82, 2.24) is 19.5 Å². The minimum absolute atomic E-state index is 0.00348. The number of anilines is 3. The summed E-state index contributed by atoms with van der Waals surface area (Å²) in [4.78, 5) is 25.4. The Bertz CT molecular complexity index is 1490. The quantitative estimate of drug-likeness (QED) is 0.428. The van der Waals surface area contributed by atoms with E-state index in [1.54, 1.807) is 6.92 Å². The Kier molecular flexibility index (Phi) is 5.31. The number of nitrogens with two attached hydrogens (primary N) is 2. The number of halogens is 3. The maximum atomic E-state index is 14.0. The van der Waals surface area contributed by atoms with Crippen LogP contribution in [0.1, 0.15) is 24.4 Å². The first kappa shape index (κ1) is 21.6. The predicted molar refractivity (Wildman–Crippen MR) is 115 cm³/mol. The molecule has 2 aromatic heterocycles. The molecule has 0 amide bonds. The molecule has 0 fully saturated rings. The van der Waals surface area contributed by atoms with Gasteiger partial charge in [0.1, 0.15) is 40.7 Å². The highest BCUT2D eigenvalue weighted by Crippen LogP contribution is 2.25. The first-order valence-electron chi connectivity index (χ1n) is 9.46. The molecule has 9 nitrogen and oxygen atoms in total. The molecule has 33 heavy (non-hydrogen) atoms. The molecule has 0 aliphatic heterocycles. The maximum Gasteiger partial charge on any atom is 0.266 e. The predicted octanol–water partition coefficient (Wildman–Crippen LogP) is 2.80. The number of nitrogens with zero attached hydrogens (tertiary/aromatic N) is 5. The topological polar surface area (TPSA) is 149 Å². The van der Waals surface area contributed by atoms with Gasteiger partial charge < -0.3 is 16.8 Å². The Morgan fingerprint density at radius 2 is 1.73 bits per heavy atom. The van der Waals surface area contributed by atoms with Crippen molar-refractivity contribution < 1.29 is 13.2 Å². The lowest BCUT2D eigenvalue weighted by Gasteiger charge is -2.21. The van der Waals surface area contributed by atoms with Gasteiger partial charge in [0, 0.05) is 6.07 Å². The largest absolute Gasteiger partial charge is 0.382 e. The third-order valence-electron chi connectivity index (χ3n) is 4.77. The second-order valence-corrected chi connectivity index (χ2v) is 7.07. The highest BCUT2D eigenvalue weighted by Gasteiger charge is 2.22. The summed E-state index contributed by atoms with van der Waals surface area (Å²) in [6, 6.07) is 6.94. The Balaban J connectivity index is 1.96. The van der Waals surface area contributed by atoms with Crippen molar-refractivity contribution in [3.63, 3.8) is 0 Å². The summed E-state index contributed by atoms with van der Waals surface area (Å²) in [6.07, 6.45) is 0. The molecule has 0 radical (unpaired) electrons. The SMILES string of the molecule is CC(Nc1nc(N)nc(N)c1C#N)c1nc2ccc(F)cc2c(=O)n1-c1cc(F)cc(F)c1. The van der Waals surface area contributed by atoms with E-state index in [-0.39, 0.29) is 45.6 Å². The van der Waals surface area contributed by atoms with Gasteiger partial charge in [0.15, 0.2) is 5.82 Å². The average molecular weight is 452 g/mol. The molecule has 166 valence electrons. The minimum atomic E-state index is -0.925. The zero-order valence-corrected chi connectivity index (χ0v) is 17.0. The van der Waals surface area contributed by atoms with E-state index in [0.29, 0.717) is 6.07 Å². The average Bonchev–Trinajstić information content (AvgIpc) is 2.73. The van der Waals surface area contributed by atoms with E-state index in [4.69, 9.17) is 11.5 Å². The van der Waals surface area contributed by atoms with Gasteiger partial charge in [-0.2, -0.15) is 15.2 Å². The van der Waals surface area contributed by atoms with Gasteiger partial charge in [-0.1, -0.05) is 0 Å². The number of fused-ring (bicyclic) bond motifs is 1. The highest BCUT2D eigenvalue weighted by atomic mass is 19.1. The fourth-order valence-corrected chi connectivity index (χ4v) is 3.36. The van der Waals surface area contributed by atoms with E-state index >= 15 is 0 Å². The summed E-state index contributed by atoms with van der Waals surface area (Å²) in [5, 5.41) is 12.2. The summed E-state index contributed by atoms with van der Waals surface area (Å²) in [7, 11) is 0. The second kappa shape index (κ2) is 8.12. The van der Waals surface area contributed by atoms with Crippen LogP contribution >= 0.6 is 0 Å². The van der Waals surface area contributed by atoms with Crippen molar-refractivity contribution in [1.29, 1.82) is 5.26 Å². The molecule has 0 bridgehead atoms. The number of nitriles is 1. The third kappa shape index (κ3) is 3.99. The lowest BCUT2D eigenvalue weighted by Crippen LogP contribution is -2.28. The van der Waals surface area contributed by atoms with Crippen LogP contribution in [0.2, 0.25) is 0 Å². The number of nitrogen functional groups attached to an aromatic ring is 2. The number of aromatic nitrogens is 4. The molecule has 5 N–H and O–H groups in total. The minimum Gasteiger partial charge on any atom is -0.382 e. The molecule has 0 aliphatic rings. The molecule has 1 unspecified atom stereocenters. The molecule has 1 atom stereocenters. The van der Waals surface area contributed by atoms with Crippen molar-refractivity contribution in [2.75, 3.05) is 16.8 Å². The van der Waals surface area contributed by atoms with Gasteiger partial charge in [0.25, 0.3) is 5.56 Å². The fourth-order valence-electron chi connectivity index (χ4n) is 3.36. The Hall–Kier alpha value is -4.66. The Labute approximate surface area is 184 Å². The number of nitrogens with one attached hydrogen (secondary N) is 1. The van der Waals surface area contributed by atoms with Crippen LogP contribution in [0, 0.1) is 28.8 Å². The molecule has 0 aliphatic carbocycles. The van der Waals surface area contributed by atoms with E-state index in [9.17, 15) is 23.2 Å². The first-order chi connectivity index (χ1) is 15.7. The smallest absolute Gasteiger partial charge is 0.266 e. The van der Waals surface area contributed by atoms with Gasteiger partial charge in [-0.3, -0.25) is 9.36 Å². The van der Waals surface area contributed by atoms with Crippen LogP contribution in [0.3, 0.4) is 0 Å². The molecule has 2 heterocycles. The van der Waals surface area contributed by atoms with Gasteiger partial charge in [0.2, 0.25) is 5.95 Å².